The minimum absolute atomic E-state index is 0.0754. The average Bonchev–Trinajstić information content (AvgIpc) is 2.55. The van der Waals surface area contributed by atoms with E-state index in [1.165, 1.54) is 6.42 Å². The van der Waals surface area contributed by atoms with Crippen LogP contribution < -0.4 is 14.8 Å². The summed E-state index contributed by atoms with van der Waals surface area (Å²) < 4.78 is 10.4. The van der Waals surface area contributed by atoms with Gasteiger partial charge < -0.3 is 14.8 Å². The number of carbonyl (C=O) groups is 1. The summed E-state index contributed by atoms with van der Waals surface area (Å²) >= 11 is 3.56. The number of ether oxygens (including phenoxy) is 2. The van der Waals surface area contributed by atoms with Crippen LogP contribution in [-0.4, -0.2) is 31.0 Å². The van der Waals surface area contributed by atoms with Gasteiger partial charge in [0.25, 0.3) is 5.91 Å². The topological polar surface area (TPSA) is 47.6 Å². The third-order valence-corrected chi connectivity index (χ3v) is 5.13. The summed E-state index contributed by atoms with van der Waals surface area (Å²) in [5.74, 6) is 1.17. The summed E-state index contributed by atoms with van der Waals surface area (Å²) in [6, 6.07) is 5.24. The normalized spacial score (nSPS) is 17.1. The maximum Gasteiger partial charge on any atom is 0.252 e. The first-order chi connectivity index (χ1) is 10.1. The van der Waals surface area contributed by atoms with Gasteiger partial charge in [-0.3, -0.25) is 4.79 Å². The smallest absolute Gasteiger partial charge is 0.252 e. The highest BCUT2D eigenvalue weighted by molar-refractivity contribution is 9.09. The Balaban J connectivity index is 2.19. The van der Waals surface area contributed by atoms with Crippen molar-refractivity contribution in [1.29, 1.82) is 0 Å². The lowest BCUT2D eigenvalue weighted by Gasteiger charge is -2.36. The molecule has 0 bridgehead atoms. The lowest BCUT2D eigenvalue weighted by atomic mass is 9.83. The van der Waals surface area contributed by atoms with Gasteiger partial charge in [-0.1, -0.05) is 35.2 Å². The number of methoxy groups -OCH3 is 2. The third-order valence-electron chi connectivity index (χ3n) is 4.06. The van der Waals surface area contributed by atoms with Gasteiger partial charge in [0.15, 0.2) is 0 Å². The molecule has 2 rings (SSSR count). The summed E-state index contributed by atoms with van der Waals surface area (Å²) in [4.78, 5) is 12.6. The van der Waals surface area contributed by atoms with Crippen molar-refractivity contribution < 1.29 is 14.3 Å². The van der Waals surface area contributed by atoms with E-state index >= 15 is 0 Å². The van der Waals surface area contributed by atoms with Crippen LogP contribution in [0.1, 0.15) is 42.5 Å². The van der Waals surface area contributed by atoms with Crippen LogP contribution in [0.3, 0.4) is 0 Å². The van der Waals surface area contributed by atoms with E-state index in [1.807, 2.05) is 0 Å². The fourth-order valence-corrected chi connectivity index (χ4v) is 3.47. The van der Waals surface area contributed by atoms with Crippen LogP contribution in [0.5, 0.6) is 11.5 Å². The van der Waals surface area contributed by atoms with Crippen LogP contribution in [0, 0.1) is 0 Å². The lowest BCUT2D eigenvalue weighted by Crippen LogP contribution is -2.51. The zero-order valence-corrected chi connectivity index (χ0v) is 14.2. The van der Waals surface area contributed by atoms with Crippen LogP contribution in [0.4, 0.5) is 0 Å². The molecule has 0 spiro atoms. The summed E-state index contributed by atoms with van der Waals surface area (Å²) in [6.07, 6.45) is 5.61. The predicted octanol–water partition coefficient (Wildman–Crippen LogP) is 3.53. The number of carbonyl (C=O) groups excluding carboxylic acids is 1. The summed E-state index contributed by atoms with van der Waals surface area (Å²) in [5, 5.41) is 3.99. The molecule has 1 N–H and O–H groups in total. The molecule has 116 valence electrons. The van der Waals surface area contributed by atoms with E-state index in [9.17, 15) is 4.79 Å². The first kappa shape index (κ1) is 16.1. The second-order valence-corrected chi connectivity index (χ2v) is 6.09. The van der Waals surface area contributed by atoms with Gasteiger partial charge in [-0.2, -0.15) is 0 Å². The quantitative estimate of drug-likeness (QED) is 0.821. The van der Waals surface area contributed by atoms with Gasteiger partial charge in [0, 0.05) is 17.0 Å². The molecule has 0 aromatic heterocycles. The van der Waals surface area contributed by atoms with Crippen LogP contribution in [0.15, 0.2) is 18.2 Å². The van der Waals surface area contributed by atoms with Crippen molar-refractivity contribution in [3.8, 4) is 11.5 Å². The summed E-state index contributed by atoms with van der Waals surface area (Å²) in [5.41, 5.74) is 0.433. The SMILES string of the molecule is COc1cc(OC)cc(C(=O)NC2(CBr)CCCCC2)c1. The fourth-order valence-electron chi connectivity index (χ4n) is 2.77. The molecule has 5 heteroatoms. The molecule has 0 aliphatic heterocycles. The van der Waals surface area contributed by atoms with Crippen molar-refractivity contribution in [2.24, 2.45) is 0 Å². The van der Waals surface area contributed by atoms with E-state index in [4.69, 9.17) is 9.47 Å². The number of hydrogen-bond donors (Lipinski definition) is 1. The molecule has 0 atom stereocenters. The zero-order valence-electron chi connectivity index (χ0n) is 12.6. The van der Waals surface area contributed by atoms with Crippen LogP contribution in [-0.2, 0) is 0 Å². The van der Waals surface area contributed by atoms with Crippen LogP contribution >= 0.6 is 15.9 Å². The van der Waals surface area contributed by atoms with E-state index in [0.717, 1.165) is 31.0 Å². The molecule has 0 unspecified atom stereocenters. The summed E-state index contributed by atoms with van der Waals surface area (Å²) in [6.45, 7) is 0. The average molecular weight is 356 g/mol. The van der Waals surface area contributed by atoms with Gasteiger partial charge in [0.1, 0.15) is 11.5 Å². The molecule has 21 heavy (non-hydrogen) atoms. The van der Waals surface area contributed by atoms with Gasteiger partial charge >= 0.3 is 0 Å². The Labute approximate surface area is 134 Å². The molecular weight excluding hydrogens is 334 g/mol. The Morgan fingerprint density at radius 3 is 2.19 bits per heavy atom. The standard InChI is InChI=1S/C16H22BrNO3/c1-20-13-8-12(9-14(10-13)21-2)15(19)18-16(11-17)6-4-3-5-7-16/h8-10H,3-7,11H2,1-2H3,(H,18,19). The summed E-state index contributed by atoms with van der Waals surface area (Å²) in [7, 11) is 3.16. The minimum Gasteiger partial charge on any atom is -0.497 e. The van der Waals surface area contributed by atoms with Crippen LogP contribution in [0.2, 0.25) is 0 Å². The first-order valence-corrected chi connectivity index (χ1v) is 8.36. The Hall–Kier alpha value is -1.23. The van der Waals surface area contributed by atoms with Gasteiger partial charge in [-0.25, -0.2) is 0 Å². The third kappa shape index (κ3) is 3.90. The Kier molecular flexibility index (Phi) is 5.51. The van der Waals surface area contributed by atoms with Gasteiger partial charge in [0.2, 0.25) is 0 Å². The predicted molar refractivity (Wildman–Crippen MR) is 86.6 cm³/mol. The van der Waals surface area contributed by atoms with Crippen molar-refractivity contribution in [2.75, 3.05) is 19.5 Å². The number of hydrogen-bond acceptors (Lipinski definition) is 3. The van der Waals surface area contributed by atoms with Crippen molar-refractivity contribution in [2.45, 2.75) is 37.6 Å². The van der Waals surface area contributed by atoms with Gasteiger partial charge in [-0.05, 0) is 25.0 Å². The molecule has 1 fully saturated rings. The fraction of sp³-hybridized carbons (Fsp3) is 0.562. The van der Waals surface area contributed by atoms with Crippen LogP contribution in [0.25, 0.3) is 0 Å². The number of halogens is 1. The van der Waals surface area contributed by atoms with E-state index in [1.54, 1.807) is 32.4 Å². The van der Waals surface area contributed by atoms with E-state index in [0.29, 0.717) is 17.1 Å². The molecule has 1 saturated carbocycles. The van der Waals surface area contributed by atoms with Crippen molar-refractivity contribution >= 4 is 21.8 Å². The Morgan fingerprint density at radius 2 is 1.71 bits per heavy atom. The molecule has 0 saturated heterocycles. The Morgan fingerprint density at radius 1 is 1.14 bits per heavy atom. The lowest BCUT2D eigenvalue weighted by molar-refractivity contribution is 0.0885. The number of amides is 1. The number of rotatable bonds is 5. The first-order valence-electron chi connectivity index (χ1n) is 7.24. The van der Waals surface area contributed by atoms with Crippen molar-refractivity contribution in [3.05, 3.63) is 23.8 Å². The molecular formula is C16H22BrNO3. The highest BCUT2D eigenvalue weighted by atomic mass is 79.9. The Bertz CT molecular complexity index is 476. The number of benzene rings is 1. The van der Waals surface area contributed by atoms with Gasteiger partial charge in [-0.15, -0.1) is 0 Å². The molecule has 1 aromatic carbocycles. The minimum atomic E-state index is -0.133. The van der Waals surface area contributed by atoms with Crippen molar-refractivity contribution in [1.82, 2.24) is 5.32 Å². The molecule has 0 heterocycles. The maximum atomic E-state index is 12.6. The van der Waals surface area contributed by atoms with Crippen molar-refractivity contribution in [3.63, 3.8) is 0 Å². The molecule has 1 aliphatic carbocycles. The second-order valence-electron chi connectivity index (χ2n) is 5.53. The zero-order chi connectivity index (χ0) is 15.3. The molecule has 0 radical (unpaired) electrons. The monoisotopic (exact) mass is 355 g/mol. The van der Waals surface area contributed by atoms with E-state index in [2.05, 4.69) is 21.2 Å². The second kappa shape index (κ2) is 7.16. The molecule has 1 aliphatic rings. The van der Waals surface area contributed by atoms with E-state index < -0.39 is 0 Å². The largest absolute Gasteiger partial charge is 0.497 e. The number of nitrogens with one attached hydrogen (secondary N) is 1. The molecule has 1 aromatic rings. The molecule has 1 amide bonds. The maximum absolute atomic E-state index is 12.6. The van der Waals surface area contributed by atoms with E-state index in [-0.39, 0.29) is 11.4 Å². The van der Waals surface area contributed by atoms with Gasteiger partial charge in [0.05, 0.1) is 19.8 Å². The molecule has 4 nitrogen and oxygen atoms in total. The highest BCUT2D eigenvalue weighted by Gasteiger charge is 2.32. The number of alkyl halides is 1. The highest BCUT2D eigenvalue weighted by Crippen LogP contribution is 2.31.